The molecule has 0 fully saturated rings. The monoisotopic (exact) mass is 780 g/mol. The second kappa shape index (κ2) is 22.7. The maximum atomic E-state index is 13.0. The fraction of sp³-hybridized carbons (Fsp3) is 0.611. The Bertz CT molecular complexity index is 1670. The Morgan fingerprint density at radius 3 is 2.02 bits per heavy atom. The summed E-state index contributed by atoms with van der Waals surface area (Å²) in [4.78, 5) is 55.8. The highest BCUT2D eigenvalue weighted by Gasteiger charge is 2.38. The van der Waals surface area contributed by atoms with E-state index in [-0.39, 0.29) is 94.7 Å². The fourth-order valence-corrected chi connectivity index (χ4v) is 5.48. The number of nitrogens with one attached hydrogen (secondary N) is 2. The van der Waals surface area contributed by atoms with Crippen LogP contribution in [0.4, 0.5) is 5.95 Å². The van der Waals surface area contributed by atoms with Crippen LogP contribution in [0.15, 0.2) is 41.6 Å². The van der Waals surface area contributed by atoms with Crippen LogP contribution in [0.2, 0.25) is 0 Å². The van der Waals surface area contributed by atoms with Gasteiger partial charge in [0, 0.05) is 19.2 Å². The Hall–Kier alpha value is -4.45. The standard InChI is InChI=1S/C36H53N5O12S/c1-34(2,3)53-32(46)36(6,7)24-35(4,5)25-52-27-9-8-10-28(19-27)54(47)41-33-39-20-26(21-40-33)31(45)38-12-14-49-15-17-50-22-29(42)37-11-13-48-16-18-51-23-30(43)44/h8-10,19-21H,11-18,22-25H2,1-7H3,(H2-,37,38,42,43,44,45)/p+1. The van der Waals surface area contributed by atoms with Gasteiger partial charge in [-0.15, -0.1) is 4.19 Å². The molecule has 0 saturated heterocycles. The van der Waals surface area contributed by atoms with Gasteiger partial charge in [0.25, 0.3) is 5.91 Å². The first-order valence-corrected chi connectivity index (χ1v) is 18.5. The van der Waals surface area contributed by atoms with E-state index in [9.17, 15) is 23.4 Å². The third-order valence-corrected chi connectivity index (χ3v) is 7.86. The van der Waals surface area contributed by atoms with Crippen LogP contribution in [0.25, 0.3) is 4.19 Å². The van der Waals surface area contributed by atoms with Gasteiger partial charge in [0.2, 0.25) is 16.3 Å². The van der Waals surface area contributed by atoms with Crippen LogP contribution in [0.1, 0.15) is 65.2 Å². The molecule has 0 spiro atoms. The van der Waals surface area contributed by atoms with Crippen molar-refractivity contribution < 1.29 is 56.9 Å². The summed E-state index contributed by atoms with van der Waals surface area (Å²) < 4.78 is 49.4. The first-order valence-electron chi connectivity index (χ1n) is 17.4. The zero-order valence-corrected chi connectivity index (χ0v) is 33.0. The van der Waals surface area contributed by atoms with Crippen molar-refractivity contribution in [2.45, 2.75) is 65.4 Å². The number of carboxylic acid groups (broad SMARTS) is 1. The van der Waals surface area contributed by atoms with E-state index in [0.717, 1.165) is 0 Å². The summed E-state index contributed by atoms with van der Waals surface area (Å²) in [6.45, 7) is 14.7. The molecule has 0 radical (unpaired) electrons. The van der Waals surface area contributed by atoms with Crippen molar-refractivity contribution in [3.05, 3.63) is 46.4 Å². The number of aromatic nitrogens is 2. The predicted molar refractivity (Wildman–Crippen MR) is 198 cm³/mol. The van der Waals surface area contributed by atoms with Crippen molar-refractivity contribution in [1.82, 2.24) is 20.6 Å². The van der Waals surface area contributed by atoms with Crippen molar-refractivity contribution >= 4 is 40.1 Å². The second-order valence-electron chi connectivity index (χ2n) is 14.4. The van der Waals surface area contributed by atoms with Crippen LogP contribution in [-0.2, 0) is 48.5 Å². The molecule has 300 valence electrons. The van der Waals surface area contributed by atoms with Gasteiger partial charge < -0.3 is 44.2 Å². The Morgan fingerprint density at radius 2 is 1.41 bits per heavy atom. The molecule has 54 heavy (non-hydrogen) atoms. The van der Waals surface area contributed by atoms with E-state index in [4.69, 9.17) is 33.5 Å². The predicted octanol–water partition coefficient (Wildman–Crippen LogP) is 3.36. The molecule has 17 nitrogen and oxygen atoms in total. The molecule has 0 saturated carbocycles. The molecular formula is C36H54N5O12S+. The number of carboxylic acids is 1. The molecule has 2 amide bonds. The Kier molecular flexibility index (Phi) is 19.2. The molecule has 0 aliphatic rings. The lowest BCUT2D eigenvalue weighted by molar-refractivity contribution is -0.167. The number of rotatable bonds is 23. The van der Waals surface area contributed by atoms with Gasteiger partial charge in [-0.1, -0.05) is 29.9 Å². The molecule has 1 aromatic carbocycles. The normalized spacial score (nSPS) is 11.7. The van der Waals surface area contributed by atoms with E-state index in [1.165, 1.54) is 12.4 Å². The number of hydrogen-bond donors (Lipinski definition) is 3. The first-order chi connectivity index (χ1) is 25.4. The summed E-state index contributed by atoms with van der Waals surface area (Å²) in [5.41, 5.74) is -1.50. The summed E-state index contributed by atoms with van der Waals surface area (Å²) >= 11 is 0. The first kappa shape index (κ1) is 45.7. The van der Waals surface area contributed by atoms with Crippen LogP contribution in [0.3, 0.4) is 0 Å². The number of carbonyl (C=O) groups is 4. The van der Waals surface area contributed by atoms with Crippen LogP contribution in [0.5, 0.6) is 5.75 Å². The van der Waals surface area contributed by atoms with Crippen LogP contribution in [-0.4, -0.2) is 121 Å². The van der Waals surface area contributed by atoms with Gasteiger partial charge in [0.05, 0.1) is 51.7 Å². The summed E-state index contributed by atoms with van der Waals surface area (Å²) in [6.07, 6.45) is 3.08. The fourth-order valence-electron chi connectivity index (χ4n) is 4.72. The van der Waals surface area contributed by atoms with E-state index in [1.807, 2.05) is 48.5 Å². The Balaban J connectivity index is 1.70. The van der Waals surface area contributed by atoms with Crippen molar-refractivity contribution in [3.63, 3.8) is 0 Å². The summed E-state index contributed by atoms with van der Waals surface area (Å²) in [5.74, 6) is -1.65. The summed E-state index contributed by atoms with van der Waals surface area (Å²) in [5, 5.41) is 13.7. The second-order valence-corrected chi connectivity index (χ2v) is 15.6. The maximum absolute atomic E-state index is 13.0. The molecule has 2 rings (SSSR count). The van der Waals surface area contributed by atoms with Gasteiger partial charge in [0.15, 0.2) is 0 Å². The minimum Gasteiger partial charge on any atom is -0.493 e. The molecule has 2 aromatic rings. The number of hydrogen-bond acceptors (Lipinski definition) is 13. The van der Waals surface area contributed by atoms with Gasteiger partial charge in [-0.05, 0) is 58.6 Å². The zero-order valence-electron chi connectivity index (χ0n) is 32.1. The van der Waals surface area contributed by atoms with Gasteiger partial charge in [0.1, 0.15) is 47.4 Å². The van der Waals surface area contributed by atoms with Crippen molar-refractivity contribution in [2.24, 2.45) is 10.8 Å². The van der Waals surface area contributed by atoms with E-state index in [0.29, 0.717) is 23.7 Å². The molecule has 1 heterocycles. The topological polar surface area (TPSA) is 215 Å². The number of amides is 2. The van der Waals surface area contributed by atoms with Gasteiger partial charge in [-0.3, -0.25) is 14.4 Å². The number of esters is 1. The molecule has 18 heteroatoms. The number of benzene rings is 1. The highest BCUT2D eigenvalue weighted by atomic mass is 32.2. The zero-order chi connectivity index (χ0) is 40.2. The molecule has 0 aliphatic heterocycles. The lowest BCUT2D eigenvalue weighted by Gasteiger charge is -2.35. The Labute approximate surface area is 318 Å². The van der Waals surface area contributed by atoms with Crippen molar-refractivity contribution in [2.75, 3.05) is 72.6 Å². The average molecular weight is 781 g/mol. The van der Waals surface area contributed by atoms with E-state index in [1.54, 1.807) is 24.3 Å². The molecule has 0 aliphatic carbocycles. The largest absolute Gasteiger partial charge is 0.536 e. The number of ether oxygens (including phenoxy) is 6. The molecule has 0 unspecified atom stereocenters. The molecule has 1 aromatic heterocycles. The SMILES string of the molecule is CC(C)(COc1cccc(S(=O)#[N+]c2ncc(C(=O)NCCOCCOCC(=O)NCCOCCOCC(=O)O)cn2)c1)CC(C)(C)C(=O)OC(C)(C)C. The number of carbonyl (C=O) groups excluding carboxylic acids is 3. The molecular weight excluding hydrogens is 726 g/mol. The minimum absolute atomic E-state index is 0.0628. The highest BCUT2D eigenvalue weighted by molar-refractivity contribution is 7.73. The highest BCUT2D eigenvalue weighted by Crippen LogP contribution is 2.36. The smallest absolute Gasteiger partial charge is 0.493 e. The molecule has 0 bridgehead atoms. The van der Waals surface area contributed by atoms with E-state index < -0.39 is 33.3 Å². The van der Waals surface area contributed by atoms with E-state index in [2.05, 4.69) is 24.8 Å². The van der Waals surface area contributed by atoms with Crippen LogP contribution >= 0.6 is 0 Å². The lowest BCUT2D eigenvalue weighted by Crippen LogP contribution is -2.38. The third-order valence-electron chi connectivity index (χ3n) is 6.88. The number of nitrogens with zero attached hydrogens (tertiary/aromatic N) is 3. The maximum Gasteiger partial charge on any atom is 0.536 e. The third kappa shape index (κ3) is 19.6. The lowest BCUT2D eigenvalue weighted by atomic mass is 9.75. The minimum atomic E-state index is -1.85. The van der Waals surface area contributed by atoms with E-state index >= 15 is 0 Å². The van der Waals surface area contributed by atoms with Gasteiger partial charge in [-0.25, -0.2) is 4.79 Å². The van der Waals surface area contributed by atoms with Crippen molar-refractivity contribution in [1.29, 1.82) is 0 Å². The van der Waals surface area contributed by atoms with Crippen LogP contribution < -0.4 is 15.4 Å². The summed E-state index contributed by atoms with van der Waals surface area (Å²) in [6, 6.07) is 6.71. The van der Waals surface area contributed by atoms with Gasteiger partial charge in [-0.2, -0.15) is 4.21 Å². The van der Waals surface area contributed by atoms with Crippen LogP contribution in [0, 0.1) is 10.8 Å². The van der Waals surface area contributed by atoms with Crippen molar-refractivity contribution in [3.8, 4) is 5.75 Å². The average Bonchev–Trinajstić information content (AvgIpc) is 3.08. The van der Waals surface area contributed by atoms with Gasteiger partial charge >= 0.3 is 17.9 Å². The summed E-state index contributed by atoms with van der Waals surface area (Å²) in [7, 11) is -1.85. The number of aliphatic carboxylic acids is 1. The Morgan fingerprint density at radius 1 is 0.815 bits per heavy atom. The molecule has 0 atom stereocenters. The quantitative estimate of drug-likeness (QED) is 0.109. The molecule has 3 N–H and O–H groups in total.